The van der Waals surface area contributed by atoms with Crippen LogP contribution in [-0.2, 0) is 6.42 Å². The number of hydrogen-bond acceptors (Lipinski definition) is 4. The van der Waals surface area contributed by atoms with E-state index in [9.17, 15) is 0 Å². The van der Waals surface area contributed by atoms with E-state index in [1.807, 2.05) is 19.9 Å². The van der Waals surface area contributed by atoms with Crippen molar-refractivity contribution in [1.82, 2.24) is 15.3 Å². The Morgan fingerprint density at radius 3 is 2.63 bits per heavy atom. The minimum absolute atomic E-state index is 0.494. The Kier molecular flexibility index (Phi) is 7.41. The summed E-state index contributed by atoms with van der Waals surface area (Å²) in [7, 11) is 0. The lowest BCUT2D eigenvalue weighted by molar-refractivity contribution is 0.324. The first-order chi connectivity index (χ1) is 9.19. The second-order valence-electron chi connectivity index (χ2n) is 4.82. The summed E-state index contributed by atoms with van der Waals surface area (Å²) < 4.78 is 5.48. The van der Waals surface area contributed by atoms with Gasteiger partial charge in [0.15, 0.2) is 0 Å². The third-order valence-electron chi connectivity index (χ3n) is 2.94. The molecule has 4 nitrogen and oxygen atoms in total. The Labute approximate surface area is 117 Å². The van der Waals surface area contributed by atoms with Crippen molar-refractivity contribution in [1.29, 1.82) is 0 Å². The van der Waals surface area contributed by atoms with Crippen LogP contribution in [0.4, 0.5) is 0 Å². The molecule has 0 bridgehead atoms. The molecule has 0 saturated heterocycles. The van der Waals surface area contributed by atoms with Gasteiger partial charge in [0.05, 0.1) is 6.61 Å². The van der Waals surface area contributed by atoms with E-state index in [4.69, 9.17) is 4.74 Å². The molecule has 0 aliphatic rings. The first-order valence-corrected chi connectivity index (χ1v) is 7.40. The van der Waals surface area contributed by atoms with Gasteiger partial charge in [-0.05, 0) is 33.2 Å². The summed E-state index contributed by atoms with van der Waals surface area (Å²) in [6, 6.07) is 2.46. The summed E-state index contributed by atoms with van der Waals surface area (Å²) in [4.78, 5) is 8.80. The smallest absolute Gasteiger partial charge is 0.216 e. The molecule has 0 aromatic carbocycles. The fourth-order valence-corrected chi connectivity index (χ4v) is 2.15. The fourth-order valence-electron chi connectivity index (χ4n) is 2.15. The Hall–Kier alpha value is -1.16. The van der Waals surface area contributed by atoms with Crippen LogP contribution >= 0.6 is 0 Å². The van der Waals surface area contributed by atoms with Gasteiger partial charge in [-0.25, -0.2) is 4.98 Å². The summed E-state index contributed by atoms with van der Waals surface area (Å²) in [6.45, 7) is 10.0. The molecule has 1 aromatic rings. The molecule has 0 aliphatic heterocycles. The normalized spacial score (nSPS) is 12.4. The summed E-state index contributed by atoms with van der Waals surface area (Å²) >= 11 is 0. The van der Waals surface area contributed by atoms with E-state index >= 15 is 0 Å². The van der Waals surface area contributed by atoms with Crippen LogP contribution in [0.1, 0.15) is 51.6 Å². The minimum Gasteiger partial charge on any atom is -0.478 e. The zero-order chi connectivity index (χ0) is 14.1. The number of nitrogens with one attached hydrogen (secondary N) is 1. The summed E-state index contributed by atoms with van der Waals surface area (Å²) in [5.74, 6) is 1.47. The maximum Gasteiger partial charge on any atom is 0.216 e. The lowest BCUT2D eigenvalue weighted by Crippen LogP contribution is -2.32. The molecule has 0 fully saturated rings. The third kappa shape index (κ3) is 6.01. The number of hydrogen-bond donors (Lipinski definition) is 1. The van der Waals surface area contributed by atoms with Crippen molar-refractivity contribution in [2.75, 3.05) is 13.2 Å². The van der Waals surface area contributed by atoms with E-state index in [0.717, 1.165) is 30.9 Å². The zero-order valence-corrected chi connectivity index (χ0v) is 12.7. The van der Waals surface area contributed by atoms with Gasteiger partial charge in [0.2, 0.25) is 5.88 Å². The molecule has 0 saturated carbocycles. The Bertz CT molecular complexity index is 368. The molecule has 0 amide bonds. The number of nitrogens with zero attached hydrogens (tertiary/aromatic N) is 2. The molecule has 19 heavy (non-hydrogen) atoms. The van der Waals surface area contributed by atoms with Gasteiger partial charge in [0, 0.05) is 24.2 Å². The van der Waals surface area contributed by atoms with Crippen molar-refractivity contribution in [2.45, 2.75) is 59.4 Å². The van der Waals surface area contributed by atoms with Crippen molar-refractivity contribution in [3.8, 4) is 5.88 Å². The van der Waals surface area contributed by atoms with Crippen molar-refractivity contribution in [3.63, 3.8) is 0 Å². The molecule has 0 spiro atoms. The van der Waals surface area contributed by atoms with Crippen LogP contribution in [0.15, 0.2) is 6.07 Å². The lowest BCUT2D eigenvalue weighted by Gasteiger charge is -2.17. The van der Waals surface area contributed by atoms with Gasteiger partial charge in [-0.2, -0.15) is 4.98 Å². The second-order valence-corrected chi connectivity index (χ2v) is 4.82. The molecule has 0 radical (unpaired) electrons. The van der Waals surface area contributed by atoms with E-state index in [0.29, 0.717) is 18.5 Å². The first-order valence-electron chi connectivity index (χ1n) is 7.40. The van der Waals surface area contributed by atoms with Crippen LogP contribution < -0.4 is 10.1 Å². The maximum absolute atomic E-state index is 5.48. The molecule has 1 unspecified atom stereocenters. The van der Waals surface area contributed by atoms with Crippen molar-refractivity contribution in [3.05, 3.63) is 17.6 Å². The second kappa shape index (κ2) is 8.86. The van der Waals surface area contributed by atoms with Gasteiger partial charge in [-0.3, -0.25) is 0 Å². The van der Waals surface area contributed by atoms with Gasteiger partial charge < -0.3 is 10.1 Å². The lowest BCUT2D eigenvalue weighted by atomic mass is 10.1. The standard InChI is InChI=1S/C15H27N3O/c1-5-8-13(16-9-6-2)10-14-11-15(19-7-3)18-12(4)17-14/h11,13,16H,5-10H2,1-4H3. The van der Waals surface area contributed by atoms with Crippen molar-refractivity contribution >= 4 is 0 Å². The highest BCUT2D eigenvalue weighted by Gasteiger charge is 2.10. The molecular weight excluding hydrogens is 238 g/mol. The quantitative estimate of drug-likeness (QED) is 0.746. The number of rotatable bonds is 9. The van der Waals surface area contributed by atoms with E-state index in [1.165, 1.54) is 12.8 Å². The monoisotopic (exact) mass is 265 g/mol. The molecule has 1 atom stereocenters. The van der Waals surface area contributed by atoms with Crippen LogP contribution in [0.2, 0.25) is 0 Å². The van der Waals surface area contributed by atoms with Gasteiger partial charge in [-0.1, -0.05) is 20.3 Å². The van der Waals surface area contributed by atoms with Gasteiger partial charge >= 0.3 is 0 Å². The number of aryl methyl sites for hydroxylation is 1. The van der Waals surface area contributed by atoms with Crippen LogP contribution in [0, 0.1) is 6.92 Å². The maximum atomic E-state index is 5.48. The first kappa shape index (κ1) is 15.9. The summed E-state index contributed by atoms with van der Waals surface area (Å²) in [5, 5.41) is 3.59. The van der Waals surface area contributed by atoms with Gasteiger partial charge in [0.25, 0.3) is 0 Å². The summed E-state index contributed by atoms with van der Waals surface area (Å²) in [6.07, 6.45) is 4.46. The molecular formula is C15H27N3O. The predicted octanol–water partition coefficient (Wildman–Crippen LogP) is 2.89. The minimum atomic E-state index is 0.494. The Morgan fingerprint density at radius 1 is 1.21 bits per heavy atom. The average molecular weight is 265 g/mol. The van der Waals surface area contributed by atoms with Gasteiger partial charge in [-0.15, -0.1) is 0 Å². The topological polar surface area (TPSA) is 47.0 Å². The molecule has 4 heteroatoms. The Morgan fingerprint density at radius 2 is 2.00 bits per heavy atom. The van der Waals surface area contributed by atoms with Crippen LogP contribution in [0.25, 0.3) is 0 Å². The SMILES string of the molecule is CCCNC(CCC)Cc1cc(OCC)nc(C)n1. The highest BCUT2D eigenvalue weighted by atomic mass is 16.5. The number of ether oxygens (including phenoxy) is 1. The highest BCUT2D eigenvalue weighted by molar-refractivity contribution is 5.17. The van der Waals surface area contributed by atoms with Crippen molar-refractivity contribution < 1.29 is 4.74 Å². The highest BCUT2D eigenvalue weighted by Crippen LogP contribution is 2.12. The number of aromatic nitrogens is 2. The molecule has 1 aromatic heterocycles. The zero-order valence-electron chi connectivity index (χ0n) is 12.7. The van der Waals surface area contributed by atoms with Crippen LogP contribution in [0.5, 0.6) is 5.88 Å². The van der Waals surface area contributed by atoms with Crippen LogP contribution in [-0.4, -0.2) is 29.2 Å². The Balaban J connectivity index is 2.71. The summed E-state index contributed by atoms with van der Waals surface area (Å²) in [5.41, 5.74) is 1.07. The fraction of sp³-hybridized carbons (Fsp3) is 0.733. The van der Waals surface area contributed by atoms with E-state index < -0.39 is 0 Å². The van der Waals surface area contributed by atoms with Gasteiger partial charge in [0.1, 0.15) is 5.82 Å². The average Bonchev–Trinajstić information content (AvgIpc) is 2.36. The largest absolute Gasteiger partial charge is 0.478 e. The van der Waals surface area contributed by atoms with E-state index in [2.05, 4.69) is 29.1 Å². The third-order valence-corrected chi connectivity index (χ3v) is 2.94. The van der Waals surface area contributed by atoms with E-state index in [-0.39, 0.29) is 0 Å². The van der Waals surface area contributed by atoms with E-state index in [1.54, 1.807) is 0 Å². The molecule has 1 rings (SSSR count). The molecule has 1 N–H and O–H groups in total. The molecule has 0 aliphatic carbocycles. The van der Waals surface area contributed by atoms with Crippen molar-refractivity contribution in [2.24, 2.45) is 0 Å². The molecule has 108 valence electrons. The van der Waals surface area contributed by atoms with Crippen LogP contribution in [0.3, 0.4) is 0 Å². The molecule has 1 heterocycles. The predicted molar refractivity (Wildman–Crippen MR) is 78.6 cm³/mol.